The van der Waals surface area contributed by atoms with Gasteiger partial charge in [-0.15, -0.1) is 10.2 Å². The minimum absolute atomic E-state index is 0.0682. The average Bonchev–Trinajstić information content (AvgIpc) is 3.22. The van der Waals surface area contributed by atoms with Crippen LogP contribution >= 0.6 is 11.3 Å². The molecule has 0 bridgehead atoms. The van der Waals surface area contributed by atoms with E-state index in [0.29, 0.717) is 19.0 Å². The van der Waals surface area contributed by atoms with Crippen LogP contribution in [0.5, 0.6) is 0 Å². The molecule has 1 N–H and O–H groups in total. The lowest BCUT2D eigenvalue weighted by atomic mass is 10.0. The minimum atomic E-state index is -0.269. The third-order valence-electron chi connectivity index (χ3n) is 4.11. The molecule has 1 fully saturated rings. The summed E-state index contributed by atoms with van der Waals surface area (Å²) in [6.45, 7) is 5.18. The van der Waals surface area contributed by atoms with E-state index in [-0.39, 0.29) is 17.9 Å². The molecule has 2 aromatic rings. The molecule has 1 aromatic heterocycles. The van der Waals surface area contributed by atoms with Crippen LogP contribution in [-0.2, 0) is 6.54 Å². The van der Waals surface area contributed by atoms with E-state index in [1.54, 1.807) is 11.0 Å². The number of carbonyl (C=O) groups excluding carboxylic acids is 1. The summed E-state index contributed by atoms with van der Waals surface area (Å²) in [5.41, 5.74) is 0.848. The number of carbonyl (C=O) groups is 1. The predicted molar refractivity (Wildman–Crippen MR) is 91.3 cm³/mol. The molecule has 0 saturated carbocycles. The molecule has 3 rings (SSSR count). The molecule has 1 atom stereocenters. The highest BCUT2D eigenvalue weighted by Gasteiger charge is 2.30. The first kappa shape index (κ1) is 16.8. The zero-order chi connectivity index (χ0) is 17.1. The van der Waals surface area contributed by atoms with Crippen molar-refractivity contribution in [3.8, 4) is 0 Å². The Hall–Kier alpha value is -2.02. The maximum atomic E-state index is 13.5. The van der Waals surface area contributed by atoms with Gasteiger partial charge in [-0.1, -0.05) is 37.3 Å². The lowest BCUT2D eigenvalue weighted by Gasteiger charge is -2.25. The van der Waals surface area contributed by atoms with Crippen LogP contribution in [0, 0.1) is 5.82 Å². The molecular formula is C17H21FN4OS. The molecule has 1 saturated heterocycles. The summed E-state index contributed by atoms with van der Waals surface area (Å²) in [5, 5.41) is 12.9. The molecule has 0 radical (unpaired) electrons. The van der Waals surface area contributed by atoms with Crippen molar-refractivity contribution in [3.63, 3.8) is 0 Å². The van der Waals surface area contributed by atoms with Gasteiger partial charge in [0.15, 0.2) is 0 Å². The van der Waals surface area contributed by atoms with Crippen LogP contribution in [0.3, 0.4) is 0 Å². The average molecular weight is 348 g/mol. The van der Waals surface area contributed by atoms with Gasteiger partial charge in [0.05, 0.1) is 12.6 Å². The second-order valence-corrected chi connectivity index (χ2v) is 7.35. The number of amides is 2. The van der Waals surface area contributed by atoms with Gasteiger partial charge in [0.1, 0.15) is 15.8 Å². The summed E-state index contributed by atoms with van der Waals surface area (Å²) in [6.07, 6.45) is 1.78. The number of likely N-dealkylation sites (tertiary alicyclic amines) is 1. The Bertz CT molecular complexity index is 718. The van der Waals surface area contributed by atoms with Crippen LogP contribution < -0.4 is 5.32 Å². The van der Waals surface area contributed by atoms with Crippen molar-refractivity contribution in [2.45, 2.75) is 45.2 Å². The van der Waals surface area contributed by atoms with Gasteiger partial charge in [-0.2, -0.15) is 0 Å². The maximum absolute atomic E-state index is 13.5. The third kappa shape index (κ3) is 3.72. The van der Waals surface area contributed by atoms with E-state index < -0.39 is 0 Å². The Kier molecular flexibility index (Phi) is 5.08. The molecule has 2 amide bonds. The van der Waals surface area contributed by atoms with Crippen molar-refractivity contribution in [3.05, 3.63) is 45.7 Å². The molecule has 2 heterocycles. The van der Waals surface area contributed by atoms with Gasteiger partial charge in [0, 0.05) is 12.5 Å². The molecule has 0 aliphatic carbocycles. The lowest BCUT2D eigenvalue weighted by Crippen LogP contribution is -2.39. The molecule has 7 heteroatoms. The quantitative estimate of drug-likeness (QED) is 0.913. The van der Waals surface area contributed by atoms with Gasteiger partial charge < -0.3 is 10.2 Å². The Labute approximate surface area is 144 Å². The number of urea groups is 1. The molecule has 24 heavy (non-hydrogen) atoms. The highest BCUT2D eigenvalue weighted by Crippen LogP contribution is 2.32. The van der Waals surface area contributed by atoms with Gasteiger partial charge in [0.2, 0.25) is 0 Å². The molecule has 128 valence electrons. The summed E-state index contributed by atoms with van der Waals surface area (Å²) in [4.78, 5) is 14.3. The minimum Gasteiger partial charge on any atom is -0.331 e. The predicted octanol–water partition coefficient (Wildman–Crippen LogP) is 3.85. The van der Waals surface area contributed by atoms with Gasteiger partial charge in [0.25, 0.3) is 0 Å². The topological polar surface area (TPSA) is 58.1 Å². The number of hydrogen-bond donors (Lipinski definition) is 1. The fraction of sp³-hybridized carbons (Fsp3) is 0.471. The van der Waals surface area contributed by atoms with Crippen LogP contribution in [0.1, 0.15) is 54.2 Å². The Morgan fingerprint density at radius 2 is 2.29 bits per heavy atom. The van der Waals surface area contributed by atoms with E-state index in [1.807, 2.05) is 6.07 Å². The SMILES string of the molecule is CC(C)c1nnc(CNC(=O)N2CCC[C@@H]2c2cccc(F)c2)s1. The number of benzene rings is 1. The first-order valence-electron chi connectivity index (χ1n) is 8.17. The fourth-order valence-electron chi connectivity index (χ4n) is 2.89. The Balaban J connectivity index is 1.63. The van der Waals surface area contributed by atoms with E-state index >= 15 is 0 Å². The molecule has 1 aromatic carbocycles. The van der Waals surface area contributed by atoms with Crippen LogP contribution in [0.4, 0.5) is 9.18 Å². The van der Waals surface area contributed by atoms with Crippen molar-refractivity contribution in [2.75, 3.05) is 6.54 Å². The summed E-state index contributed by atoms with van der Waals surface area (Å²) >= 11 is 1.52. The first-order valence-corrected chi connectivity index (χ1v) is 8.98. The normalized spacial score (nSPS) is 17.5. The number of aromatic nitrogens is 2. The monoisotopic (exact) mass is 348 g/mol. The van der Waals surface area contributed by atoms with Crippen molar-refractivity contribution >= 4 is 17.4 Å². The second kappa shape index (κ2) is 7.25. The standard InChI is InChI=1S/C17H21FN4OS/c1-11(2)16-21-20-15(24-16)10-19-17(23)22-8-4-7-14(22)12-5-3-6-13(18)9-12/h3,5-6,9,11,14H,4,7-8,10H2,1-2H3,(H,19,23)/t14-/m1/s1. The van der Waals surface area contributed by atoms with Gasteiger partial charge in [-0.25, -0.2) is 9.18 Å². The third-order valence-corrected chi connectivity index (χ3v) is 5.34. The fourth-order valence-corrected chi connectivity index (χ4v) is 3.68. The molecule has 1 aliphatic heterocycles. The smallest absolute Gasteiger partial charge is 0.318 e. The molecule has 1 aliphatic rings. The molecular weight excluding hydrogens is 327 g/mol. The van der Waals surface area contributed by atoms with Crippen LogP contribution in [0.25, 0.3) is 0 Å². The summed E-state index contributed by atoms with van der Waals surface area (Å²) in [7, 11) is 0. The van der Waals surface area contributed by atoms with Crippen molar-refractivity contribution in [1.29, 1.82) is 0 Å². The van der Waals surface area contributed by atoms with Crippen LogP contribution in [0.15, 0.2) is 24.3 Å². The number of rotatable bonds is 4. The van der Waals surface area contributed by atoms with E-state index in [2.05, 4.69) is 29.4 Å². The highest BCUT2D eigenvalue weighted by molar-refractivity contribution is 7.11. The highest BCUT2D eigenvalue weighted by atomic mass is 32.1. The molecule has 0 spiro atoms. The van der Waals surface area contributed by atoms with Crippen LogP contribution in [-0.4, -0.2) is 27.7 Å². The van der Waals surface area contributed by atoms with Gasteiger partial charge >= 0.3 is 6.03 Å². The summed E-state index contributed by atoms with van der Waals surface area (Å²) in [6, 6.07) is 6.29. The van der Waals surface area contributed by atoms with Gasteiger partial charge in [-0.05, 0) is 30.5 Å². The summed E-state index contributed by atoms with van der Waals surface area (Å²) < 4.78 is 13.5. The Morgan fingerprint density at radius 1 is 1.46 bits per heavy atom. The number of nitrogens with zero attached hydrogens (tertiary/aromatic N) is 3. The first-order chi connectivity index (χ1) is 11.5. The Morgan fingerprint density at radius 3 is 3.00 bits per heavy atom. The van der Waals surface area contributed by atoms with E-state index in [4.69, 9.17) is 0 Å². The van der Waals surface area contributed by atoms with Gasteiger partial charge in [-0.3, -0.25) is 0 Å². The van der Waals surface area contributed by atoms with E-state index in [0.717, 1.165) is 28.4 Å². The van der Waals surface area contributed by atoms with Crippen LogP contribution in [0.2, 0.25) is 0 Å². The molecule has 0 unspecified atom stereocenters. The molecule has 5 nitrogen and oxygen atoms in total. The van der Waals surface area contributed by atoms with Crippen molar-refractivity contribution in [1.82, 2.24) is 20.4 Å². The van der Waals surface area contributed by atoms with Crippen molar-refractivity contribution < 1.29 is 9.18 Å². The second-order valence-electron chi connectivity index (χ2n) is 6.25. The van der Waals surface area contributed by atoms with Crippen molar-refractivity contribution in [2.24, 2.45) is 0 Å². The maximum Gasteiger partial charge on any atom is 0.318 e. The number of hydrogen-bond acceptors (Lipinski definition) is 4. The van der Waals surface area contributed by atoms with E-state index in [9.17, 15) is 9.18 Å². The number of halogens is 1. The zero-order valence-electron chi connectivity index (χ0n) is 13.8. The lowest BCUT2D eigenvalue weighted by molar-refractivity contribution is 0.192. The zero-order valence-corrected chi connectivity index (χ0v) is 14.6. The number of nitrogens with one attached hydrogen (secondary N) is 1. The summed E-state index contributed by atoms with van der Waals surface area (Å²) in [5.74, 6) is 0.0673. The van der Waals surface area contributed by atoms with E-state index in [1.165, 1.54) is 23.5 Å². The largest absolute Gasteiger partial charge is 0.331 e.